The molecule has 1 aliphatic carbocycles. The third-order valence-corrected chi connectivity index (χ3v) is 4.60. The van der Waals surface area contributed by atoms with Gasteiger partial charge in [0, 0.05) is 31.0 Å². The van der Waals surface area contributed by atoms with Gasteiger partial charge in [0.05, 0.1) is 0 Å². The molecule has 1 atom stereocenters. The van der Waals surface area contributed by atoms with Gasteiger partial charge in [-0.1, -0.05) is 32.6 Å². The summed E-state index contributed by atoms with van der Waals surface area (Å²) in [4.78, 5) is 0. The van der Waals surface area contributed by atoms with Crippen LogP contribution in [0.4, 0.5) is 0 Å². The molecule has 1 heterocycles. The maximum Gasteiger partial charge on any atom is 0.0361 e. The monoisotopic (exact) mass is 262 g/mol. The van der Waals surface area contributed by atoms with Gasteiger partial charge in [0.2, 0.25) is 0 Å². The first kappa shape index (κ1) is 14.6. The Morgan fingerprint density at radius 1 is 1.26 bits per heavy atom. The van der Waals surface area contributed by atoms with Crippen molar-refractivity contribution in [3.05, 3.63) is 24.0 Å². The summed E-state index contributed by atoms with van der Waals surface area (Å²) in [6.45, 7) is 6.78. The third kappa shape index (κ3) is 4.38. The van der Waals surface area contributed by atoms with Crippen LogP contribution in [0.1, 0.15) is 64.5 Å². The zero-order valence-corrected chi connectivity index (χ0v) is 12.7. The fourth-order valence-corrected chi connectivity index (χ4v) is 3.31. The second-order valence-electron chi connectivity index (χ2n) is 6.11. The van der Waals surface area contributed by atoms with Crippen molar-refractivity contribution in [1.82, 2.24) is 9.88 Å². The Bertz CT molecular complexity index is 348. The van der Waals surface area contributed by atoms with E-state index in [-0.39, 0.29) is 0 Å². The quantitative estimate of drug-likeness (QED) is 0.754. The van der Waals surface area contributed by atoms with E-state index in [1.165, 1.54) is 50.6 Å². The van der Waals surface area contributed by atoms with Crippen molar-refractivity contribution >= 4 is 0 Å². The predicted octanol–water partition coefficient (Wildman–Crippen LogP) is 4.35. The number of rotatable bonds is 6. The Labute approximate surface area is 118 Å². The molecule has 0 aromatic carbocycles. The molecule has 19 heavy (non-hydrogen) atoms. The van der Waals surface area contributed by atoms with Crippen LogP contribution in [0.15, 0.2) is 18.3 Å². The van der Waals surface area contributed by atoms with Crippen LogP contribution in [0.5, 0.6) is 0 Å². The van der Waals surface area contributed by atoms with E-state index in [9.17, 15) is 0 Å². The number of aromatic nitrogens is 1. The van der Waals surface area contributed by atoms with Gasteiger partial charge in [0.25, 0.3) is 0 Å². The van der Waals surface area contributed by atoms with E-state index in [4.69, 9.17) is 0 Å². The SMILES string of the molecule is CCCn1cccc1CN[C@@H](C)C1CCCCCC1. The van der Waals surface area contributed by atoms with Crippen molar-refractivity contribution in [3.63, 3.8) is 0 Å². The minimum absolute atomic E-state index is 0.656. The van der Waals surface area contributed by atoms with E-state index < -0.39 is 0 Å². The van der Waals surface area contributed by atoms with Crippen molar-refractivity contribution in [1.29, 1.82) is 0 Å². The number of hydrogen-bond donors (Lipinski definition) is 1. The molecule has 108 valence electrons. The average molecular weight is 262 g/mol. The molecule has 2 nitrogen and oxygen atoms in total. The Hall–Kier alpha value is -0.760. The lowest BCUT2D eigenvalue weighted by Gasteiger charge is -2.24. The van der Waals surface area contributed by atoms with Crippen molar-refractivity contribution < 1.29 is 0 Å². The zero-order chi connectivity index (χ0) is 13.5. The van der Waals surface area contributed by atoms with Gasteiger partial charge in [-0.25, -0.2) is 0 Å². The van der Waals surface area contributed by atoms with Crippen LogP contribution in [-0.4, -0.2) is 10.6 Å². The average Bonchev–Trinajstić information content (AvgIpc) is 2.68. The summed E-state index contributed by atoms with van der Waals surface area (Å²) in [5.74, 6) is 0.886. The minimum atomic E-state index is 0.656. The lowest BCUT2D eigenvalue weighted by molar-refractivity contribution is 0.334. The lowest BCUT2D eigenvalue weighted by Crippen LogP contribution is -2.33. The van der Waals surface area contributed by atoms with Crippen LogP contribution in [0.2, 0.25) is 0 Å². The Kier molecular flexibility index (Phi) is 5.96. The predicted molar refractivity (Wildman–Crippen MR) is 82.2 cm³/mol. The van der Waals surface area contributed by atoms with E-state index in [0.29, 0.717) is 6.04 Å². The maximum absolute atomic E-state index is 3.76. The van der Waals surface area contributed by atoms with Crippen LogP contribution in [0.3, 0.4) is 0 Å². The molecule has 0 bridgehead atoms. The van der Waals surface area contributed by atoms with Crippen molar-refractivity contribution in [3.8, 4) is 0 Å². The van der Waals surface area contributed by atoms with Crippen LogP contribution in [0, 0.1) is 5.92 Å². The molecule has 1 aromatic heterocycles. The molecule has 0 amide bonds. The van der Waals surface area contributed by atoms with E-state index in [1.54, 1.807) is 0 Å². The van der Waals surface area contributed by atoms with Gasteiger partial charge in [0.15, 0.2) is 0 Å². The van der Waals surface area contributed by atoms with Crippen LogP contribution in [0.25, 0.3) is 0 Å². The van der Waals surface area contributed by atoms with E-state index in [1.807, 2.05) is 0 Å². The molecule has 0 radical (unpaired) electrons. The Balaban J connectivity index is 1.81. The summed E-state index contributed by atoms with van der Waals surface area (Å²) in [6.07, 6.45) is 12.0. The minimum Gasteiger partial charge on any atom is -0.350 e. The van der Waals surface area contributed by atoms with Crippen LogP contribution in [-0.2, 0) is 13.1 Å². The second-order valence-corrected chi connectivity index (χ2v) is 6.11. The van der Waals surface area contributed by atoms with Gasteiger partial charge in [-0.05, 0) is 44.2 Å². The lowest BCUT2D eigenvalue weighted by atomic mass is 9.93. The van der Waals surface area contributed by atoms with Crippen molar-refractivity contribution in [2.24, 2.45) is 5.92 Å². The molecular weight excluding hydrogens is 232 g/mol. The standard InChI is InChI=1S/C17H30N2/c1-3-12-19-13-8-11-17(19)14-18-15(2)16-9-6-4-5-7-10-16/h8,11,13,15-16,18H,3-7,9-10,12,14H2,1-2H3/t15-/m0/s1. The first-order valence-electron chi connectivity index (χ1n) is 8.18. The van der Waals surface area contributed by atoms with Gasteiger partial charge in [-0.2, -0.15) is 0 Å². The van der Waals surface area contributed by atoms with E-state index in [0.717, 1.165) is 19.0 Å². The zero-order valence-electron chi connectivity index (χ0n) is 12.7. The van der Waals surface area contributed by atoms with E-state index >= 15 is 0 Å². The number of aryl methyl sites for hydroxylation is 1. The molecule has 0 saturated heterocycles. The smallest absolute Gasteiger partial charge is 0.0361 e. The fourth-order valence-electron chi connectivity index (χ4n) is 3.31. The molecule has 2 rings (SSSR count). The molecule has 0 aliphatic heterocycles. The molecule has 1 aromatic rings. The van der Waals surface area contributed by atoms with Gasteiger partial charge in [-0.15, -0.1) is 0 Å². The molecule has 1 N–H and O–H groups in total. The van der Waals surface area contributed by atoms with Gasteiger partial charge in [0.1, 0.15) is 0 Å². The summed E-state index contributed by atoms with van der Waals surface area (Å²) in [5.41, 5.74) is 1.43. The van der Waals surface area contributed by atoms with Crippen molar-refractivity contribution in [2.75, 3.05) is 0 Å². The largest absolute Gasteiger partial charge is 0.350 e. The summed E-state index contributed by atoms with van der Waals surface area (Å²) < 4.78 is 2.38. The normalized spacial score (nSPS) is 19.3. The molecule has 1 fully saturated rings. The molecule has 1 saturated carbocycles. The topological polar surface area (TPSA) is 17.0 Å². The highest BCUT2D eigenvalue weighted by Crippen LogP contribution is 2.25. The summed E-state index contributed by atoms with van der Waals surface area (Å²) >= 11 is 0. The molecular formula is C17H30N2. The summed E-state index contributed by atoms with van der Waals surface area (Å²) in [7, 11) is 0. The second kappa shape index (κ2) is 7.74. The van der Waals surface area contributed by atoms with Gasteiger partial charge in [-0.3, -0.25) is 0 Å². The summed E-state index contributed by atoms with van der Waals surface area (Å²) in [5, 5.41) is 3.76. The number of hydrogen-bond acceptors (Lipinski definition) is 1. The molecule has 0 unspecified atom stereocenters. The van der Waals surface area contributed by atoms with Crippen molar-refractivity contribution in [2.45, 2.75) is 77.9 Å². The maximum atomic E-state index is 3.76. The number of nitrogens with zero attached hydrogens (tertiary/aromatic N) is 1. The fraction of sp³-hybridized carbons (Fsp3) is 0.765. The highest BCUT2D eigenvalue weighted by atomic mass is 15.0. The Morgan fingerprint density at radius 2 is 2.00 bits per heavy atom. The van der Waals surface area contributed by atoms with E-state index in [2.05, 4.69) is 42.1 Å². The highest BCUT2D eigenvalue weighted by Gasteiger charge is 2.18. The third-order valence-electron chi connectivity index (χ3n) is 4.60. The number of nitrogens with one attached hydrogen (secondary N) is 1. The first-order valence-corrected chi connectivity index (χ1v) is 8.18. The van der Waals surface area contributed by atoms with Gasteiger partial charge < -0.3 is 9.88 Å². The molecule has 1 aliphatic rings. The molecule has 0 spiro atoms. The Morgan fingerprint density at radius 3 is 2.68 bits per heavy atom. The van der Waals surface area contributed by atoms with Gasteiger partial charge >= 0.3 is 0 Å². The summed E-state index contributed by atoms with van der Waals surface area (Å²) in [6, 6.07) is 5.08. The van der Waals surface area contributed by atoms with Crippen LogP contribution < -0.4 is 5.32 Å². The highest BCUT2D eigenvalue weighted by molar-refractivity contribution is 5.07. The molecule has 2 heteroatoms. The first-order chi connectivity index (χ1) is 9.31. The van der Waals surface area contributed by atoms with Crippen LogP contribution >= 0.6 is 0 Å².